The van der Waals surface area contributed by atoms with E-state index in [1.54, 1.807) is 0 Å². The van der Waals surface area contributed by atoms with E-state index in [4.69, 9.17) is 11.5 Å². The van der Waals surface area contributed by atoms with Gasteiger partial charge in [0.25, 0.3) is 0 Å². The first-order valence-corrected chi connectivity index (χ1v) is 7.88. The third-order valence-corrected chi connectivity index (χ3v) is 4.06. The third kappa shape index (κ3) is 7.85. The molecule has 1 fully saturated rings. The van der Waals surface area contributed by atoms with Gasteiger partial charge in [-0.15, -0.1) is 5.10 Å². The molecule has 110 valence electrons. The van der Waals surface area contributed by atoms with Crippen molar-refractivity contribution in [3.63, 3.8) is 0 Å². The van der Waals surface area contributed by atoms with E-state index < -0.39 is 0 Å². The number of guanidine groups is 1. The predicted octanol–water partition coefficient (Wildman–Crippen LogP) is 1.64. The molecule has 0 bridgehead atoms. The van der Waals surface area contributed by atoms with Crippen molar-refractivity contribution in [3.05, 3.63) is 0 Å². The highest BCUT2D eigenvalue weighted by Gasteiger charge is 2.13. The molecule has 4 heteroatoms. The predicted molar refractivity (Wildman–Crippen MR) is 81.7 cm³/mol. The van der Waals surface area contributed by atoms with Crippen molar-refractivity contribution >= 4 is 11.7 Å². The van der Waals surface area contributed by atoms with Gasteiger partial charge in [-0.25, -0.2) is 0 Å². The number of nitrogens with zero attached hydrogens (tertiary/aromatic N) is 1. The summed E-state index contributed by atoms with van der Waals surface area (Å²) in [7, 11) is 0. The molecule has 0 spiro atoms. The largest absolute Gasteiger partial charge is 0.362 e. The Bertz CT molecular complexity index is 281. The van der Waals surface area contributed by atoms with Gasteiger partial charge in [0.15, 0.2) is 0 Å². The van der Waals surface area contributed by atoms with Crippen molar-refractivity contribution in [2.24, 2.45) is 22.5 Å². The highest BCUT2D eigenvalue weighted by atomic mass is 15.3. The first kappa shape index (κ1) is 16.0. The highest BCUT2D eigenvalue weighted by molar-refractivity contribution is 5.83. The Morgan fingerprint density at radius 3 is 1.68 bits per heavy atom. The maximum atomic E-state index is 5.39. The fraction of sp³-hybridized carbons (Fsp3) is 0.867. The Morgan fingerprint density at radius 1 is 0.842 bits per heavy atom. The summed E-state index contributed by atoms with van der Waals surface area (Å²) in [6, 6.07) is 0. The molecule has 1 saturated carbocycles. The van der Waals surface area contributed by atoms with Crippen LogP contribution in [0.1, 0.15) is 77.6 Å². The van der Waals surface area contributed by atoms with E-state index in [0.29, 0.717) is 5.92 Å². The van der Waals surface area contributed by atoms with Crippen LogP contribution in [0.15, 0.2) is 5.10 Å². The average Bonchev–Trinajstić information content (AvgIpc) is 2.36. The van der Waals surface area contributed by atoms with Gasteiger partial charge in [-0.2, -0.15) is 5.10 Å². The maximum Gasteiger partial charge on any atom is 0.362 e. The van der Waals surface area contributed by atoms with Crippen LogP contribution in [-0.2, 0) is 0 Å². The standard InChI is InChI=1S/C15H30N4/c1-13(18-19-15(16)17)14-11-9-7-5-3-2-4-6-8-10-12-14/h14H,2-12H2,1H3,(H4,16,17,19)/p+1/b18-13-. The molecule has 5 N–H and O–H groups in total. The fourth-order valence-electron chi connectivity index (χ4n) is 2.83. The quantitative estimate of drug-likeness (QED) is 0.404. The molecular weight excluding hydrogens is 236 g/mol. The SMILES string of the molecule is C/C(=N/[NH+]=C(N)N)C1CCCCCCCCCCC1. The van der Waals surface area contributed by atoms with Crippen LogP contribution in [0.2, 0.25) is 0 Å². The monoisotopic (exact) mass is 267 g/mol. The Morgan fingerprint density at radius 2 is 1.26 bits per heavy atom. The molecule has 0 aromatic carbocycles. The molecule has 19 heavy (non-hydrogen) atoms. The van der Waals surface area contributed by atoms with Gasteiger partial charge in [-0.05, 0) is 19.8 Å². The summed E-state index contributed by atoms with van der Waals surface area (Å²) in [6.07, 6.45) is 14.9. The minimum Gasteiger partial charge on any atom is -0.289 e. The molecule has 1 rings (SSSR count). The third-order valence-electron chi connectivity index (χ3n) is 4.06. The van der Waals surface area contributed by atoms with Crippen LogP contribution in [0, 0.1) is 5.92 Å². The minimum absolute atomic E-state index is 0.174. The van der Waals surface area contributed by atoms with Gasteiger partial charge in [-0.1, -0.05) is 57.8 Å². The molecule has 0 unspecified atom stereocenters. The smallest absolute Gasteiger partial charge is 0.289 e. The Labute approximate surface area is 117 Å². The average molecular weight is 267 g/mol. The zero-order valence-electron chi connectivity index (χ0n) is 12.5. The molecular formula is C15H31N4+. The summed E-state index contributed by atoms with van der Waals surface area (Å²) in [5.74, 6) is 0.763. The maximum absolute atomic E-state index is 5.39. The number of nitrogens with one attached hydrogen (secondary N) is 1. The first-order valence-electron chi connectivity index (χ1n) is 7.88. The van der Waals surface area contributed by atoms with Gasteiger partial charge in [0.2, 0.25) is 0 Å². The van der Waals surface area contributed by atoms with Gasteiger partial charge >= 0.3 is 5.96 Å². The fourth-order valence-corrected chi connectivity index (χ4v) is 2.83. The van der Waals surface area contributed by atoms with Gasteiger partial charge < -0.3 is 0 Å². The molecule has 1 aliphatic carbocycles. The van der Waals surface area contributed by atoms with E-state index in [-0.39, 0.29) is 5.96 Å². The van der Waals surface area contributed by atoms with E-state index >= 15 is 0 Å². The molecule has 0 atom stereocenters. The zero-order valence-corrected chi connectivity index (χ0v) is 12.5. The lowest BCUT2D eigenvalue weighted by Crippen LogP contribution is -2.73. The van der Waals surface area contributed by atoms with E-state index in [0.717, 1.165) is 5.71 Å². The topological polar surface area (TPSA) is 78.4 Å². The summed E-state index contributed by atoms with van der Waals surface area (Å²) in [5.41, 5.74) is 11.9. The second kappa shape index (κ2) is 9.82. The van der Waals surface area contributed by atoms with E-state index in [1.807, 2.05) is 0 Å². The molecule has 0 saturated heterocycles. The lowest BCUT2D eigenvalue weighted by Gasteiger charge is -2.16. The second-order valence-corrected chi connectivity index (χ2v) is 5.78. The van der Waals surface area contributed by atoms with Gasteiger partial charge in [0, 0.05) is 5.92 Å². The molecule has 0 aromatic rings. The van der Waals surface area contributed by atoms with Gasteiger partial charge in [0.05, 0.1) is 5.71 Å². The lowest BCUT2D eigenvalue weighted by molar-refractivity contribution is -0.464. The summed E-state index contributed by atoms with van der Waals surface area (Å²) in [6.45, 7) is 2.09. The van der Waals surface area contributed by atoms with Crippen LogP contribution in [0.4, 0.5) is 0 Å². The Kier molecular flexibility index (Phi) is 8.26. The number of hydrogen-bond donors (Lipinski definition) is 3. The number of hydrogen-bond acceptors (Lipinski definition) is 1. The summed E-state index contributed by atoms with van der Waals surface area (Å²) in [5, 5.41) is 6.98. The number of hydrazone groups is 1. The Balaban J connectivity index is 2.50. The number of nitrogens with two attached hydrogens (primary N) is 2. The minimum atomic E-state index is 0.174. The van der Waals surface area contributed by atoms with Crippen molar-refractivity contribution < 1.29 is 5.10 Å². The van der Waals surface area contributed by atoms with Crippen molar-refractivity contribution in [3.8, 4) is 0 Å². The zero-order chi connectivity index (χ0) is 13.9. The number of rotatable bonds is 2. The van der Waals surface area contributed by atoms with Crippen LogP contribution < -0.4 is 16.6 Å². The van der Waals surface area contributed by atoms with Crippen molar-refractivity contribution in [2.45, 2.75) is 77.6 Å². The van der Waals surface area contributed by atoms with Crippen LogP contribution in [0.5, 0.6) is 0 Å². The van der Waals surface area contributed by atoms with Gasteiger partial charge in [0.1, 0.15) is 0 Å². The van der Waals surface area contributed by atoms with Crippen LogP contribution in [-0.4, -0.2) is 11.7 Å². The second-order valence-electron chi connectivity index (χ2n) is 5.78. The van der Waals surface area contributed by atoms with E-state index in [1.165, 1.54) is 70.6 Å². The summed E-state index contributed by atoms with van der Waals surface area (Å²) >= 11 is 0. The molecule has 0 aromatic heterocycles. The molecule has 0 radical (unpaired) electrons. The molecule has 0 aliphatic heterocycles. The highest BCUT2D eigenvalue weighted by Crippen LogP contribution is 2.21. The van der Waals surface area contributed by atoms with E-state index in [2.05, 4.69) is 17.1 Å². The Hall–Kier alpha value is -1.06. The molecule has 0 amide bonds. The van der Waals surface area contributed by atoms with Crippen molar-refractivity contribution in [2.75, 3.05) is 0 Å². The summed E-state index contributed by atoms with van der Waals surface area (Å²) in [4.78, 5) is 0. The van der Waals surface area contributed by atoms with E-state index in [9.17, 15) is 0 Å². The molecule has 1 aliphatic rings. The van der Waals surface area contributed by atoms with Crippen LogP contribution in [0.3, 0.4) is 0 Å². The first-order chi connectivity index (χ1) is 9.20. The lowest BCUT2D eigenvalue weighted by atomic mass is 9.90. The van der Waals surface area contributed by atoms with Crippen molar-refractivity contribution in [1.29, 1.82) is 0 Å². The van der Waals surface area contributed by atoms with Crippen LogP contribution >= 0.6 is 0 Å². The molecule has 4 nitrogen and oxygen atoms in total. The van der Waals surface area contributed by atoms with Crippen molar-refractivity contribution in [1.82, 2.24) is 0 Å². The summed E-state index contributed by atoms with van der Waals surface area (Å²) < 4.78 is 0. The van der Waals surface area contributed by atoms with Gasteiger partial charge in [-0.3, -0.25) is 11.5 Å². The van der Waals surface area contributed by atoms with Crippen LogP contribution in [0.25, 0.3) is 0 Å². The normalized spacial score (nSPS) is 21.2. The molecule has 0 heterocycles.